The summed E-state index contributed by atoms with van der Waals surface area (Å²) in [6, 6.07) is 0.932. The number of rotatable bonds is 4. The Morgan fingerprint density at radius 1 is 1.30 bits per heavy atom. The number of ether oxygens (including phenoxy) is 2. The van der Waals surface area contributed by atoms with Crippen LogP contribution in [0, 0.1) is 5.82 Å². The molecule has 0 bridgehead atoms. The summed E-state index contributed by atoms with van der Waals surface area (Å²) in [7, 11) is 2.22. The lowest BCUT2D eigenvalue weighted by molar-refractivity contribution is -0.138. The number of thioether (sulfide) groups is 1. The summed E-state index contributed by atoms with van der Waals surface area (Å²) in [5, 5.41) is 9.44. The van der Waals surface area contributed by atoms with Crippen LogP contribution in [0.3, 0.4) is 0 Å². The molecule has 144 valence electrons. The zero-order valence-corrected chi connectivity index (χ0v) is 14.6. The molecule has 1 aliphatic rings. The fraction of sp³-hybridized carbons (Fsp3) is 0.200. The van der Waals surface area contributed by atoms with Gasteiger partial charge in [0.25, 0.3) is 5.91 Å². The molecule has 0 radical (unpaired) electrons. The standard InChI is InChI=1S/C15H11F4N3O4S/c1-25-10-4-7(15(17,18)19)3-9(16)8(10)6-20-22-14-21-13(24)11(27-14)5-12(23)26-2/h3-6H,1-2H3,(H,21,22,24)/b11-5+,20-6?. The van der Waals surface area contributed by atoms with E-state index in [1.807, 2.05) is 0 Å². The molecular formula is C15H11F4N3O4S. The van der Waals surface area contributed by atoms with Gasteiger partial charge in [0.1, 0.15) is 11.6 Å². The van der Waals surface area contributed by atoms with Crippen LogP contribution in [0.2, 0.25) is 0 Å². The normalized spacial score (nSPS) is 17.6. The maximum Gasteiger partial charge on any atom is 0.416 e. The van der Waals surface area contributed by atoms with Gasteiger partial charge in [0.15, 0.2) is 5.17 Å². The molecule has 1 N–H and O–H groups in total. The van der Waals surface area contributed by atoms with Crippen molar-refractivity contribution in [1.29, 1.82) is 0 Å². The summed E-state index contributed by atoms with van der Waals surface area (Å²) >= 11 is 0.780. The second-order valence-corrected chi connectivity index (χ2v) is 5.84. The zero-order valence-electron chi connectivity index (χ0n) is 13.8. The van der Waals surface area contributed by atoms with Gasteiger partial charge in [-0.25, -0.2) is 9.18 Å². The number of nitrogens with one attached hydrogen (secondary N) is 1. The van der Waals surface area contributed by atoms with E-state index in [1.54, 1.807) is 0 Å². The average Bonchev–Trinajstić information content (AvgIpc) is 2.94. The monoisotopic (exact) mass is 405 g/mol. The topological polar surface area (TPSA) is 89.3 Å². The second-order valence-electron chi connectivity index (χ2n) is 4.81. The highest BCUT2D eigenvalue weighted by atomic mass is 32.2. The lowest BCUT2D eigenvalue weighted by Crippen LogP contribution is -2.19. The highest BCUT2D eigenvalue weighted by Gasteiger charge is 2.32. The minimum Gasteiger partial charge on any atom is -0.496 e. The largest absolute Gasteiger partial charge is 0.496 e. The number of hydrogen-bond donors (Lipinski definition) is 1. The van der Waals surface area contributed by atoms with Gasteiger partial charge in [-0.3, -0.25) is 10.1 Å². The van der Waals surface area contributed by atoms with Crippen molar-refractivity contribution in [2.24, 2.45) is 10.2 Å². The molecule has 2 rings (SSSR count). The van der Waals surface area contributed by atoms with Gasteiger partial charge in [-0.15, -0.1) is 5.10 Å². The lowest BCUT2D eigenvalue weighted by Gasteiger charge is -2.11. The predicted octanol–water partition coefficient (Wildman–Crippen LogP) is 2.46. The first-order valence-electron chi connectivity index (χ1n) is 7.00. The molecule has 1 aliphatic heterocycles. The number of halogens is 4. The van der Waals surface area contributed by atoms with Gasteiger partial charge in [-0.1, -0.05) is 0 Å². The molecule has 12 heteroatoms. The van der Waals surface area contributed by atoms with Crippen LogP contribution in [0.1, 0.15) is 11.1 Å². The number of carbonyl (C=O) groups excluding carboxylic acids is 2. The Morgan fingerprint density at radius 2 is 2.00 bits per heavy atom. The maximum atomic E-state index is 14.0. The molecule has 1 amide bonds. The first-order chi connectivity index (χ1) is 12.7. The third-order valence-corrected chi connectivity index (χ3v) is 3.98. The van der Waals surface area contributed by atoms with Crippen molar-refractivity contribution in [2.75, 3.05) is 14.2 Å². The van der Waals surface area contributed by atoms with Crippen molar-refractivity contribution in [3.05, 3.63) is 40.1 Å². The first-order valence-corrected chi connectivity index (χ1v) is 7.82. The number of esters is 1. The fourth-order valence-electron chi connectivity index (χ4n) is 1.83. The Bertz CT molecular complexity index is 865. The van der Waals surface area contributed by atoms with Crippen LogP contribution < -0.4 is 10.1 Å². The minimum absolute atomic E-state index is 0.00842. The Hall–Kier alpha value is -2.89. The molecule has 1 saturated heterocycles. The molecule has 0 aliphatic carbocycles. The van der Waals surface area contributed by atoms with Crippen molar-refractivity contribution in [2.45, 2.75) is 6.18 Å². The summed E-state index contributed by atoms with van der Waals surface area (Å²) in [6.45, 7) is 0. The summed E-state index contributed by atoms with van der Waals surface area (Å²) in [4.78, 5) is 22.8. The Kier molecular flexibility index (Phi) is 6.20. The van der Waals surface area contributed by atoms with E-state index in [1.165, 1.54) is 0 Å². The van der Waals surface area contributed by atoms with E-state index in [-0.39, 0.29) is 21.4 Å². The summed E-state index contributed by atoms with van der Waals surface area (Å²) in [5.74, 6) is -2.95. The fourth-order valence-corrected chi connectivity index (χ4v) is 2.57. The van der Waals surface area contributed by atoms with Crippen LogP contribution in [0.25, 0.3) is 0 Å². The molecule has 7 nitrogen and oxygen atoms in total. The Morgan fingerprint density at radius 3 is 2.59 bits per heavy atom. The molecule has 0 unspecified atom stereocenters. The number of alkyl halides is 3. The van der Waals surface area contributed by atoms with Crippen LogP contribution in [-0.2, 0) is 20.5 Å². The second kappa shape index (κ2) is 8.20. The molecule has 1 aromatic rings. The molecule has 0 spiro atoms. The SMILES string of the molecule is COC(=O)/C=C1/S/C(=N\N=Cc2c(F)cc(C(F)(F)F)cc2OC)NC1=O. The molecule has 27 heavy (non-hydrogen) atoms. The van der Waals surface area contributed by atoms with Gasteiger partial charge >= 0.3 is 12.1 Å². The van der Waals surface area contributed by atoms with E-state index in [0.717, 1.165) is 38.3 Å². The van der Waals surface area contributed by atoms with Crippen LogP contribution in [0.15, 0.2) is 33.3 Å². The van der Waals surface area contributed by atoms with E-state index >= 15 is 0 Å². The quantitative estimate of drug-likeness (QED) is 0.273. The van der Waals surface area contributed by atoms with Gasteiger partial charge in [0.05, 0.1) is 36.5 Å². The molecular weight excluding hydrogens is 394 g/mol. The molecule has 1 fully saturated rings. The van der Waals surface area contributed by atoms with E-state index in [4.69, 9.17) is 4.74 Å². The highest BCUT2D eigenvalue weighted by Crippen LogP contribution is 2.34. The van der Waals surface area contributed by atoms with Crippen LogP contribution >= 0.6 is 11.8 Å². The number of carbonyl (C=O) groups is 2. The Balaban J connectivity index is 2.24. The van der Waals surface area contributed by atoms with E-state index in [9.17, 15) is 27.2 Å². The van der Waals surface area contributed by atoms with Gasteiger partial charge in [0, 0.05) is 6.08 Å². The van der Waals surface area contributed by atoms with Gasteiger partial charge in [-0.2, -0.15) is 18.3 Å². The third kappa shape index (κ3) is 5.06. The predicted molar refractivity (Wildman–Crippen MR) is 88.8 cm³/mol. The smallest absolute Gasteiger partial charge is 0.416 e. The van der Waals surface area contributed by atoms with E-state index in [0.29, 0.717) is 12.1 Å². The first kappa shape index (κ1) is 20.4. The average molecular weight is 405 g/mol. The lowest BCUT2D eigenvalue weighted by atomic mass is 10.1. The van der Waals surface area contributed by atoms with Gasteiger partial charge in [-0.05, 0) is 23.9 Å². The van der Waals surface area contributed by atoms with Crippen molar-refractivity contribution in [1.82, 2.24) is 5.32 Å². The molecule has 0 aromatic heterocycles. The van der Waals surface area contributed by atoms with Crippen molar-refractivity contribution < 1.29 is 36.6 Å². The maximum absolute atomic E-state index is 14.0. The zero-order chi connectivity index (χ0) is 20.2. The number of methoxy groups -OCH3 is 2. The third-order valence-electron chi connectivity index (χ3n) is 3.08. The Labute approximate surface area is 154 Å². The van der Waals surface area contributed by atoms with Crippen LogP contribution in [-0.4, -0.2) is 37.5 Å². The van der Waals surface area contributed by atoms with E-state index < -0.39 is 29.4 Å². The summed E-state index contributed by atoms with van der Waals surface area (Å²) in [6.07, 6.45) is -2.95. The van der Waals surface area contributed by atoms with Gasteiger partial charge in [0.2, 0.25) is 0 Å². The molecule has 0 atom stereocenters. The minimum atomic E-state index is -4.74. The number of hydrogen-bond acceptors (Lipinski definition) is 7. The van der Waals surface area contributed by atoms with Gasteiger partial charge < -0.3 is 9.47 Å². The van der Waals surface area contributed by atoms with Crippen LogP contribution in [0.5, 0.6) is 5.75 Å². The van der Waals surface area contributed by atoms with Crippen molar-refractivity contribution in [3.63, 3.8) is 0 Å². The summed E-state index contributed by atoms with van der Waals surface area (Å²) in [5.41, 5.74) is -1.56. The highest BCUT2D eigenvalue weighted by molar-refractivity contribution is 8.18. The number of benzene rings is 1. The molecule has 0 saturated carbocycles. The van der Waals surface area contributed by atoms with Crippen molar-refractivity contribution in [3.8, 4) is 5.75 Å². The van der Waals surface area contributed by atoms with E-state index in [2.05, 4.69) is 20.3 Å². The summed E-state index contributed by atoms with van der Waals surface area (Å²) < 4.78 is 61.2. The number of amides is 1. The molecule has 1 heterocycles. The number of amidine groups is 1. The van der Waals surface area contributed by atoms with Crippen molar-refractivity contribution >= 4 is 35.0 Å². The molecule has 1 aromatic carbocycles. The number of nitrogens with zero attached hydrogens (tertiary/aromatic N) is 2. The van der Waals surface area contributed by atoms with Crippen LogP contribution in [0.4, 0.5) is 17.6 Å².